The lowest BCUT2D eigenvalue weighted by molar-refractivity contribution is -0.291. The van der Waals surface area contributed by atoms with Crippen LogP contribution in [0.5, 0.6) is 0 Å². The van der Waals surface area contributed by atoms with Crippen molar-refractivity contribution in [3.8, 4) is 6.07 Å². The average molecular weight is 303 g/mol. The highest BCUT2D eigenvalue weighted by molar-refractivity contribution is 5.78. The Morgan fingerprint density at radius 1 is 1.20 bits per heavy atom. The van der Waals surface area contributed by atoms with Crippen LogP contribution in [-0.4, -0.2) is 23.8 Å². The number of nitriles is 1. The number of hydrogen-bond acceptors (Lipinski definition) is 3. The van der Waals surface area contributed by atoms with E-state index in [0.29, 0.717) is 6.92 Å². The Morgan fingerprint density at radius 2 is 1.60 bits per heavy atom. The maximum atomic E-state index is 13.0. The SMILES string of the molecule is CCC(=O)NC(/C(C#N)=C(/C)N)(C(F)(F)F)C(F)(F)F. The van der Waals surface area contributed by atoms with E-state index < -0.39 is 41.5 Å². The summed E-state index contributed by atoms with van der Waals surface area (Å²) in [7, 11) is 0. The van der Waals surface area contributed by atoms with Gasteiger partial charge in [0.15, 0.2) is 0 Å². The quantitative estimate of drug-likeness (QED) is 0.619. The first-order valence-electron chi connectivity index (χ1n) is 5.16. The summed E-state index contributed by atoms with van der Waals surface area (Å²) >= 11 is 0. The van der Waals surface area contributed by atoms with Crippen molar-refractivity contribution in [1.82, 2.24) is 5.32 Å². The van der Waals surface area contributed by atoms with E-state index in [1.807, 2.05) is 0 Å². The summed E-state index contributed by atoms with van der Waals surface area (Å²) in [5.41, 5.74) is -2.66. The maximum absolute atomic E-state index is 13.0. The van der Waals surface area contributed by atoms with Gasteiger partial charge in [-0.15, -0.1) is 0 Å². The molecule has 0 aromatic heterocycles. The predicted molar refractivity (Wildman–Crippen MR) is 55.8 cm³/mol. The number of alkyl halides is 6. The molecule has 3 N–H and O–H groups in total. The Labute approximate surface area is 110 Å². The molecule has 0 aliphatic heterocycles. The Balaban J connectivity index is 6.49. The topological polar surface area (TPSA) is 78.9 Å². The van der Waals surface area contributed by atoms with Crippen molar-refractivity contribution < 1.29 is 31.1 Å². The summed E-state index contributed by atoms with van der Waals surface area (Å²) in [4.78, 5) is 11.1. The lowest BCUT2D eigenvalue weighted by Gasteiger charge is -2.37. The zero-order chi connectivity index (χ0) is 16.4. The monoisotopic (exact) mass is 303 g/mol. The second-order valence-corrected chi connectivity index (χ2v) is 3.82. The van der Waals surface area contributed by atoms with E-state index in [-0.39, 0.29) is 0 Å². The van der Waals surface area contributed by atoms with Gasteiger partial charge in [-0.1, -0.05) is 6.92 Å². The normalized spacial score (nSPS) is 14.3. The summed E-state index contributed by atoms with van der Waals surface area (Å²) in [6.07, 6.45) is -12.6. The molecule has 10 heteroatoms. The number of hydrogen-bond donors (Lipinski definition) is 2. The first kappa shape index (κ1) is 18.1. The highest BCUT2D eigenvalue weighted by atomic mass is 19.4. The number of nitrogens with zero attached hydrogens (tertiary/aromatic N) is 1. The molecule has 1 amide bonds. The van der Waals surface area contributed by atoms with Crippen LogP contribution in [0.2, 0.25) is 0 Å². The molecule has 0 radical (unpaired) electrons. The van der Waals surface area contributed by atoms with Crippen LogP contribution in [0.4, 0.5) is 26.3 Å². The fraction of sp³-hybridized carbons (Fsp3) is 0.600. The van der Waals surface area contributed by atoms with Crippen molar-refractivity contribution in [2.24, 2.45) is 5.73 Å². The minimum absolute atomic E-state index is 0.629. The number of allylic oxidation sites excluding steroid dienone is 1. The summed E-state index contributed by atoms with van der Waals surface area (Å²) in [5, 5.41) is 9.45. The highest BCUT2D eigenvalue weighted by Gasteiger charge is 2.74. The van der Waals surface area contributed by atoms with Crippen LogP contribution in [0.25, 0.3) is 0 Å². The van der Waals surface area contributed by atoms with Gasteiger partial charge in [0.1, 0.15) is 0 Å². The van der Waals surface area contributed by atoms with Crippen molar-refractivity contribution in [2.45, 2.75) is 38.2 Å². The average Bonchev–Trinajstić information content (AvgIpc) is 2.24. The van der Waals surface area contributed by atoms with Gasteiger partial charge in [0.05, 0.1) is 11.6 Å². The van der Waals surface area contributed by atoms with E-state index in [9.17, 15) is 31.1 Å². The molecule has 0 fully saturated rings. The van der Waals surface area contributed by atoms with E-state index in [4.69, 9.17) is 11.0 Å². The lowest BCUT2D eigenvalue weighted by atomic mass is 9.86. The molecule has 0 aromatic carbocycles. The molecule has 0 rings (SSSR count). The number of carbonyl (C=O) groups is 1. The molecule has 114 valence electrons. The van der Waals surface area contributed by atoms with Gasteiger partial charge in [0.25, 0.3) is 5.54 Å². The van der Waals surface area contributed by atoms with Crippen molar-refractivity contribution in [3.63, 3.8) is 0 Å². The molecule has 0 aliphatic rings. The molecule has 0 aromatic rings. The smallest absolute Gasteiger partial charge is 0.401 e. The fourth-order valence-corrected chi connectivity index (χ4v) is 1.41. The molecule has 0 saturated carbocycles. The third-order valence-electron chi connectivity index (χ3n) is 2.38. The van der Waals surface area contributed by atoms with Gasteiger partial charge in [-0.2, -0.15) is 31.6 Å². The third-order valence-corrected chi connectivity index (χ3v) is 2.38. The maximum Gasteiger partial charge on any atom is 0.425 e. The van der Waals surface area contributed by atoms with Crippen LogP contribution in [0, 0.1) is 11.3 Å². The highest BCUT2D eigenvalue weighted by Crippen LogP contribution is 2.48. The summed E-state index contributed by atoms with van der Waals surface area (Å²) in [5.74, 6) is -1.52. The number of halogens is 6. The van der Waals surface area contributed by atoms with Gasteiger partial charge in [-0.05, 0) is 6.92 Å². The molecule has 20 heavy (non-hydrogen) atoms. The second kappa shape index (κ2) is 5.60. The molecule has 4 nitrogen and oxygen atoms in total. The van der Waals surface area contributed by atoms with Crippen molar-refractivity contribution in [2.75, 3.05) is 0 Å². The molecule has 0 unspecified atom stereocenters. The van der Waals surface area contributed by atoms with Crippen molar-refractivity contribution in [3.05, 3.63) is 11.3 Å². The van der Waals surface area contributed by atoms with E-state index >= 15 is 0 Å². The Morgan fingerprint density at radius 3 is 1.80 bits per heavy atom. The Kier molecular flexibility index (Phi) is 5.06. The molecule has 0 aliphatic carbocycles. The van der Waals surface area contributed by atoms with E-state index in [2.05, 4.69) is 0 Å². The van der Waals surface area contributed by atoms with Crippen LogP contribution in [0.15, 0.2) is 11.3 Å². The standard InChI is InChI=1S/C10H11F6N3O/c1-3-7(20)19-8(9(11,12)13,10(14,15)16)6(4-17)5(2)18/h3,18H2,1-2H3,(H,19,20)/b6-5-. The zero-order valence-corrected chi connectivity index (χ0v) is 10.4. The van der Waals surface area contributed by atoms with Crippen molar-refractivity contribution >= 4 is 5.91 Å². The zero-order valence-electron chi connectivity index (χ0n) is 10.4. The van der Waals surface area contributed by atoms with Crippen LogP contribution >= 0.6 is 0 Å². The first-order chi connectivity index (χ1) is 8.85. The van der Waals surface area contributed by atoms with Crippen LogP contribution in [0.3, 0.4) is 0 Å². The third kappa shape index (κ3) is 2.97. The summed E-state index contributed by atoms with van der Waals surface area (Å²) in [6.45, 7) is 1.78. The number of amides is 1. The van der Waals surface area contributed by atoms with Gasteiger partial charge in [0.2, 0.25) is 5.91 Å². The Bertz CT molecular complexity index is 439. The second-order valence-electron chi connectivity index (χ2n) is 3.82. The molecular formula is C10H11F6N3O. The summed E-state index contributed by atoms with van der Waals surface area (Å²) < 4.78 is 77.9. The lowest BCUT2D eigenvalue weighted by Crippen LogP contribution is -2.68. The number of rotatable bonds is 3. The van der Waals surface area contributed by atoms with Crippen LogP contribution < -0.4 is 11.1 Å². The van der Waals surface area contributed by atoms with E-state index in [0.717, 1.165) is 18.3 Å². The van der Waals surface area contributed by atoms with Gasteiger partial charge in [0, 0.05) is 12.1 Å². The molecule has 0 atom stereocenters. The molecule has 0 saturated heterocycles. The van der Waals surface area contributed by atoms with Crippen LogP contribution in [-0.2, 0) is 4.79 Å². The van der Waals surface area contributed by atoms with E-state index in [1.54, 1.807) is 0 Å². The fourth-order valence-electron chi connectivity index (χ4n) is 1.41. The van der Waals surface area contributed by atoms with E-state index in [1.165, 1.54) is 0 Å². The number of carbonyl (C=O) groups excluding carboxylic acids is 1. The minimum Gasteiger partial charge on any atom is -0.401 e. The number of nitrogens with two attached hydrogens (primary N) is 1. The summed E-state index contributed by atoms with van der Waals surface area (Å²) in [6, 6.07) is 0.785. The van der Waals surface area contributed by atoms with Crippen molar-refractivity contribution in [1.29, 1.82) is 5.26 Å². The van der Waals surface area contributed by atoms with Crippen LogP contribution in [0.1, 0.15) is 20.3 Å². The van der Waals surface area contributed by atoms with Gasteiger partial charge < -0.3 is 11.1 Å². The Hall–Kier alpha value is -1.92. The predicted octanol–water partition coefficient (Wildman–Crippen LogP) is 2.13. The number of nitrogens with one attached hydrogen (secondary N) is 1. The van der Waals surface area contributed by atoms with Gasteiger partial charge >= 0.3 is 12.4 Å². The minimum atomic E-state index is -5.98. The molecule has 0 spiro atoms. The molecule has 0 heterocycles. The largest absolute Gasteiger partial charge is 0.425 e. The first-order valence-corrected chi connectivity index (χ1v) is 5.16. The van der Waals surface area contributed by atoms with Gasteiger partial charge in [-0.25, -0.2) is 0 Å². The molecule has 0 bridgehead atoms. The van der Waals surface area contributed by atoms with Gasteiger partial charge in [-0.3, -0.25) is 4.79 Å². The molecular weight excluding hydrogens is 292 g/mol.